The molecule has 0 aliphatic carbocycles. The monoisotopic (exact) mass is 291 g/mol. The first-order valence-corrected chi connectivity index (χ1v) is 6.29. The number of hydrogen-bond donors (Lipinski definition) is 1. The van der Waals surface area contributed by atoms with Crippen LogP contribution in [0.2, 0.25) is 0 Å². The van der Waals surface area contributed by atoms with E-state index in [1.165, 1.54) is 5.56 Å². The molecule has 2 aromatic rings. The summed E-state index contributed by atoms with van der Waals surface area (Å²) in [5.41, 5.74) is 3.18. The van der Waals surface area contributed by atoms with E-state index < -0.39 is 6.10 Å². The van der Waals surface area contributed by atoms with Crippen molar-refractivity contribution in [2.75, 3.05) is 0 Å². The smallest absolute Gasteiger partial charge is 0.0841 e. The highest BCUT2D eigenvalue weighted by Crippen LogP contribution is 2.26. The Labute approximate surface area is 109 Å². The van der Waals surface area contributed by atoms with E-state index in [1.807, 2.05) is 37.3 Å². The molecular weight excluding hydrogens is 278 g/mol. The van der Waals surface area contributed by atoms with Crippen molar-refractivity contribution in [1.82, 2.24) is 4.98 Å². The molecular formula is C14H14BrNO. The molecule has 0 fully saturated rings. The van der Waals surface area contributed by atoms with Crippen molar-refractivity contribution in [3.63, 3.8) is 0 Å². The summed E-state index contributed by atoms with van der Waals surface area (Å²) in [5.74, 6) is 0. The molecule has 2 nitrogen and oxygen atoms in total. The maximum absolute atomic E-state index is 10.2. The zero-order chi connectivity index (χ0) is 12.3. The van der Waals surface area contributed by atoms with E-state index in [-0.39, 0.29) is 0 Å². The van der Waals surface area contributed by atoms with Crippen LogP contribution in [-0.2, 0) is 6.42 Å². The first kappa shape index (κ1) is 12.3. The summed E-state index contributed by atoms with van der Waals surface area (Å²) in [6.45, 7) is 2.03. The fraction of sp³-hybridized carbons (Fsp3) is 0.214. The minimum atomic E-state index is -0.493. The minimum Gasteiger partial charge on any atom is -0.388 e. The lowest BCUT2D eigenvalue weighted by molar-refractivity contribution is 0.177. The molecule has 2 rings (SSSR count). The average Bonchev–Trinajstić information content (AvgIpc) is 2.30. The summed E-state index contributed by atoms with van der Waals surface area (Å²) < 4.78 is 0.957. The Morgan fingerprint density at radius 3 is 2.59 bits per heavy atom. The minimum absolute atomic E-state index is 0.493. The van der Waals surface area contributed by atoms with Crippen LogP contribution in [0, 0.1) is 6.92 Å². The molecule has 1 unspecified atom stereocenters. The molecule has 0 amide bonds. The fourth-order valence-corrected chi connectivity index (χ4v) is 2.51. The maximum Gasteiger partial charge on any atom is 0.0841 e. The number of pyridine rings is 1. The Morgan fingerprint density at radius 2 is 1.94 bits per heavy atom. The van der Waals surface area contributed by atoms with Gasteiger partial charge in [0.1, 0.15) is 0 Å². The lowest BCUT2D eigenvalue weighted by atomic mass is 10.0. The summed E-state index contributed by atoms with van der Waals surface area (Å²) in [7, 11) is 0. The van der Waals surface area contributed by atoms with Gasteiger partial charge in [-0.2, -0.15) is 0 Å². The number of hydrogen-bond acceptors (Lipinski definition) is 2. The van der Waals surface area contributed by atoms with Crippen LogP contribution in [-0.4, -0.2) is 10.1 Å². The molecule has 0 radical (unpaired) electrons. The van der Waals surface area contributed by atoms with Crippen LogP contribution in [0.1, 0.15) is 22.8 Å². The van der Waals surface area contributed by atoms with Gasteiger partial charge in [-0.3, -0.25) is 4.98 Å². The first-order valence-electron chi connectivity index (χ1n) is 5.50. The van der Waals surface area contributed by atoms with Gasteiger partial charge in [0.25, 0.3) is 0 Å². The van der Waals surface area contributed by atoms with Gasteiger partial charge >= 0.3 is 0 Å². The van der Waals surface area contributed by atoms with Crippen LogP contribution in [0.5, 0.6) is 0 Å². The Balaban J connectivity index is 2.17. The van der Waals surface area contributed by atoms with Gasteiger partial charge in [-0.15, -0.1) is 0 Å². The SMILES string of the molecule is Cc1ccc(C(O)Cc2ccncc2)c(Br)c1. The highest BCUT2D eigenvalue weighted by atomic mass is 79.9. The Morgan fingerprint density at radius 1 is 1.24 bits per heavy atom. The number of aryl methyl sites for hydroxylation is 1. The van der Waals surface area contributed by atoms with Crippen LogP contribution >= 0.6 is 15.9 Å². The predicted molar refractivity (Wildman–Crippen MR) is 71.8 cm³/mol. The highest BCUT2D eigenvalue weighted by Gasteiger charge is 2.11. The summed E-state index contributed by atoms with van der Waals surface area (Å²) in [4.78, 5) is 3.96. The third kappa shape index (κ3) is 3.14. The number of benzene rings is 1. The second-order valence-electron chi connectivity index (χ2n) is 4.10. The van der Waals surface area contributed by atoms with Crippen LogP contribution in [0.4, 0.5) is 0 Å². The van der Waals surface area contributed by atoms with Crippen LogP contribution < -0.4 is 0 Å². The summed E-state index contributed by atoms with van der Waals surface area (Å²) in [6, 6.07) is 9.84. The Kier molecular flexibility index (Phi) is 3.92. The molecule has 1 aromatic carbocycles. The zero-order valence-electron chi connectivity index (χ0n) is 9.60. The summed E-state index contributed by atoms with van der Waals surface area (Å²) >= 11 is 3.49. The normalized spacial score (nSPS) is 12.4. The molecule has 0 spiro atoms. The Hall–Kier alpha value is -1.19. The van der Waals surface area contributed by atoms with Crippen LogP contribution in [0.3, 0.4) is 0 Å². The lowest BCUT2D eigenvalue weighted by Gasteiger charge is -2.13. The van der Waals surface area contributed by atoms with E-state index in [2.05, 4.69) is 20.9 Å². The van der Waals surface area contributed by atoms with Gasteiger partial charge in [0.2, 0.25) is 0 Å². The molecule has 1 atom stereocenters. The zero-order valence-corrected chi connectivity index (χ0v) is 11.2. The number of aliphatic hydroxyl groups is 1. The molecule has 88 valence electrons. The molecule has 0 bridgehead atoms. The Bertz CT molecular complexity index is 499. The molecule has 1 heterocycles. The average molecular weight is 292 g/mol. The molecule has 0 aliphatic rings. The van der Waals surface area contributed by atoms with Crippen LogP contribution in [0.15, 0.2) is 47.2 Å². The maximum atomic E-state index is 10.2. The van der Waals surface area contributed by atoms with Crippen molar-refractivity contribution in [3.05, 3.63) is 63.9 Å². The lowest BCUT2D eigenvalue weighted by Crippen LogP contribution is -2.03. The van der Waals surface area contributed by atoms with E-state index in [4.69, 9.17) is 0 Å². The highest BCUT2D eigenvalue weighted by molar-refractivity contribution is 9.10. The molecule has 0 saturated heterocycles. The van der Waals surface area contributed by atoms with Crippen molar-refractivity contribution in [2.45, 2.75) is 19.4 Å². The van der Waals surface area contributed by atoms with Gasteiger partial charge in [0.05, 0.1) is 6.10 Å². The topological polar surface area (TPSA) is 33.1 Å². The molecule has 1 N–H and O–H groups in total. The molecule has 0 aliphatic heterocycles. The van der Waals surface area contributed by atoms with Gasteiger partial charge in [-0.25, -0.2) is 0 Å². The van der Waals surface area contributed by atoms with E-state index >= 15 is 0 Å². The van der Waals surface area contributed by atoms with Crippen molar-refractivity contribution in [1.29, 1.82) is 0 Å². The second-order valence-corrected chi connectivity index (χ2v) is 4.95. The number of aliphatic hydroxyl groups excluding tert-OH is 1. The summed E-state index contributed by atoms with van der Waals surface area (Å²) in [6.07, 6.45) is 3.59. The number of aromatic nitrogens is 1. The van der Waals surface area contributed by atoms with Gasteiger partial charge in [0, 0.05) is 23.3 Å². The third-order valence-electron chi connectivity index (χ3n) is 2.69. The largest absolute Gasteiger partial charge is 0.388 e. The quantitative estimate of drug-likeness (QED) is 0.940. The summed E-state index contributed by atoms with van der Waals surface area (Å²) in [5, 5.41) is 10.2. The van der Waals surface area contributed by atoms with E-state index in [1.54, 1.807) is 12.4 Å². The van der Waals surface area contributed by atoms with Gasteiger partial charge in [-0.1, -0.05) is 28.1 Å². The third-order valence-corrected chi connectivity index (χ3v) is 3.38. The van der Waals surface area contributed by atoms with Crippen molar-refractivity contribution in [2.24, 2.45) is 0 Å². The van der Waals surface area contributed by atoms with Gasteiger partial charge in [0.15, 0.2) is 0 Å². The molecule has 3 heteroatoms. The van der Waals surface area contributed by atoms with E-state index in [0.29, 0.717) is 6.42 Å². The molecule has 17 heavy (non-hydrogen) atoms. The first-order chi connectivity index (χ1) is 8.16. The van der Waals surface area contributed by atoms with Crippen molar-refractivity contribution >= 4 is 15.9 Å². The fourth-order valence-electron chi connectivity index (χ4n) is 1.75. The standard InChI is InChI=1S/C14H14BrNO/c1-10-2-3-12(13(15)8-10)14(17)9-11-4-6-16-7-5-11/h2-8,14,17H,9H2,1H3. The number of rotatable bonds is 3. The van der Waals surface area contributed by atoms with E-state index in [0.717, 1.165) is 15.6 Å². The second kappa shape index (κ2) is 5.43. The molecule has 1 aromatic heterocycles. The van der Waals surface area contributed by atoms with E-state index in [9.17, 15) is 5.11 Å². The van der Waals surface area contributed by atoms with Crippen LogP contribution in [0.25, 0.3) is 0 Å². The number of nitrogens with zero attached hydrogens (tertiary/aromatic N) is 1. The van der Waals surface area contributed by atoms with Crippen molar-refractivity contribution < 1.29 is 5.11 Å². The number of halogens is 1. The predicted octanol–water partition coefficient (Wildman–Crippen LogP) is 3.43. The van der Waals surface area contributed by atoms with Crippen molar-refractivity contribution in [3.8, 4) is 0 Å². The molecule has 0 saturated carbocycles. The van der Waals surface area contributed by atoms with Gasteiger partial charge in [-0.05, 0) is 41.8 Å². The van der Waals surface area contributed by atoms with Gasteiger partial charge < -0.3 is 5.11 Å².